The average molecular weight is 1560 g/mol. The van der Waals surface area contributed by atoms with E-state index < -0.39 is 40.4 Å². The molecule has 0 aliphatic carbocycles. The number of rotatable bonds is 22. The topological polar surface area (TPSA) is 412 Å². The van der Waals surface area contributed by atoms with Crippen LogP contribution in [0, 0.1) is 17.5 Å². The minimum absolute atomic E-state index is 0.149. The van der Waals surface area contributed by atoms with Crippen LogP contribution in [0.25, 0.3) is 90.2 Å². The van der Waals surface area contributed by atoms with Crippen molar-refractivity contribution in [2.45, 2.75) is 33.3 Å². The molecule has 0 atom stereocenters. The maximum atomic E-state index is 13.9. The normalized spacial score (nSPS) is 11.1. The lowest BCUT2D eigenvalue weighted by Crippen LogP contribution is -2.27. The number of ether oxygens (including phenoxy) is 4. The van der Waals surface area contributed by atoms with Crippen LogP contribution in [0.2, 0.25) is 0 Å². The molecule has 0 radical (unpaired) electrons. The van der Waals surface area contributed by atoms with Crippen LogP contribution in [-0.4, -0.2) is 155 Å². The molecular weight excluding hydrogens is 1490 g/mol. The van der Waals surface area contributed by atoms with E-state index in [2.05, 4.69) is 107 Å². The van der Waals surface area contributed by atoms with Crippen LogP contribution in [-0.2, 0) is 4.74 Å². The summed E-state index contributed by atoms with van der Waals surface area (Å²) in [5.41, 5.74) is 10.5. The van der Waals surface area contributed by atoms with Gasteiger partial charge in [-0.3, -0.25) is 44.4 Å². The molecule has 8 heterocycles. The number of alkyl halides is 1. The fourth-order valence-electron chi connectivity index (χ4n) is 11.6. The third kappa shape index (κ3) is 18.4. The van der Waals surface area contributed by atoms with Crippen molar-refractivity contribution in [2.75, 3.05) is 60.6 Å². The molecule has 114 heavy (non-hydrogen) atoms. The van der Waals surface area contributed by atoms with Gasteiger partial charge in [0.25, 0.3) is 29.5 Å². The molecule has 30 nitrogen and oxygen atoms in total. The summed E-state index contributed by atoms with van der Waals surface area (Å²) in [6.45, 7) is 9.28. The summed E-state index contributed by atoms with van der Waals surface area (Å²) in [4.78, 5) is 93.7. The molecule has 0 fully saturated rings. The Morgan fingerprint density at radius 2 is 0.851 bits per heavy atom. The summed E-state index contributed by atoms with van der Waals surface area (Å²) in [5, 5.41) is 41.0. The number of halogens is 4. The van der Waals surface area contributed by atoms with E-state index in [1.54, 1.807) is 67.0 Å². The summed E-state index contributed by atoms with van der Waals surface area (Å²) >= 11 is 5.53. The van der Waals surface area contributed by atoms with Crippen molar-refractivity contribution in [1.29, 1.82) is 0 Å². The number of fused-ring (bicyclic) bond motifs is 4. The Bertz CT molecular complexity index is 5990. The van der Waals surface area contributed by atoms with E-state index in [4.69, 9.17) is 30.5 Å². The van der Waals surface area contributed by atoms with Gasteiger partial charge >= 0.3 is 0 Å². The molecule has 16 rings (SSSR count). The van der Waals surface area contributed by atoms with E-state index in [0.717, 1.165) is 51.3 Å². The molecule has 0 saturated heterocycles. The zero-order chi connectivity index (χ0) is 79.8. The Kier molecular flexibility index (Phi) is 24.0. The lowest BCUT2D eigenvalue weighted by molar-refractivity contribution is 0.0921. The van der Waals surface area contributed by atoms with Crippen LogP contribution in [0.5, 0.6) is 17.2 Å². The van der Waals surface area contributed by atoms with Crippen molar-refractivity contribution in [3.63, 3.8) is 0 Å². The van der Waals surface area contributed by atoms with Gasteiger partial charge in [0.05, 0.1) is 135 Å². The van der Waals surface area contributed by atoms with Crippen LogP contribution in [0.1, 0.15) is 79.5 Å². The van der Waals surface area contributed by atoms with Gasteiger partial charge in [-0.1, -0.05) is 66.7 Å². The maximum Gasteiger partial charge on any atom is 0.261 e. The van der Waals surface area contributed by atoms with Gasteiger partial charge in [0.1, 0.15) is 68.6 Å². The van der Waals surface area contributed by atoms with Crippen LogP contribution in [0.4, 0.5) is 35.9 Å². The highest BCUT2D eigenvalue weighted by atomic mass is 35.5. The van der Waals surface area contributed by atoms with Crippen molar-refractivity contribution in [3.8, 4) is 63.3 Å². The van der Waals surface area contributed by atoms with Crippen LogP contribution < -0.4 is 40.8 Å². The first kappa shape index (κ1) is 77.4. The second-order valence-corrected chi connectivity index (χ2v) is 26.1. The van der Waals surface area contributed by atoms with Gasteiger partial charge in [0.15, 0.2) is 23.3 Å². The Hall–Kier alpha value is -14.7. The van der Waals surface area contributed by atoms with Gasteiger partial charge in [0, 0.05) is 24.1 Å². The number of para-hydroxylation sites is 8. The predicted octanol–water partition coefficient (Wildman–Crippen LogP) is 14.8. The lowest BCUT2D eigenvalue weighted by Gasteiger charge is -2.22. The average Bonchev–Trinajstić information content (AvgIpc) is 1.63. The van der Waals surface area contributed by atoms with E-state index in [0.29, 0.717) is 135 Å². The van der Waals surface area contributed by atoms with E-state index in [1.807, 2.05) is 113 Å². The number of anilines is 4. The highest BCUT2D eigenvalue weighted by Crippen LogP contribution is 2.33. The zero-order valence-electron chi connectivity index (χ0n) is 61.4. The molecule has 5 amide bonds. The number of benzene rings is 8. The molecule has 0 spiro atoms. The summed E-state index contributed by atoms with van der Waals surface area (Å²) in [7, 11) is 1.38. The van der Waals surface area contributed by atoms with Gasteiger partial charge in [0.2, 0.25) is 0 Å². The molecule has 578 valence electrons. The number of methoxy groups -OCH3 is 1. The lowest BCUT2D eigenvalue weighted by atomic mass is 10.1. The molecule has 0 saturated carbocycles. The summed E-state index contributed by atoms with van der Waals surface area (Å²) in [5.74, 6) is -1.02. The molecule has 0 aliphatic rings. The highest BCUT2D eigenvalue weighted by molar-refractivity contribution is 6.18. The van der Waals surface area contributed by atoms with E-state index in [-0.39, 0.29) is 34.7 Å². The highest BCUT2D eigenvalue weighted by Gasteiger charge is 2.25. The van der Waals surface area contributed by atoms with Crippen molar-refractivity contribution >= 4 is 108 Å². The van der Waals surface area contributed by atoms with Crippen molar-refractivity contribution in [3.05, 3.63) is 246 Å². The number of carbonyl (C=O) groups is 5. The van der Waals surface area contributed by atoms with Gasteiger partial charge in [-0.05, 0) is 131 Å². The van der Waals surface area contributed by atoms with Crippen molar-refractivity contribution in [2.24, 2.45) is 0 Å². The van der Waals surface area contributed by atoms with Gasteiger partial charge in [-0.25, -0.2) is 33.1 Å². The van der Waals surface area contributed by atoms with Crippen LogP contribution in [0.15, 0.2) is 201 Å². The first-order valence-corrected chi connectivity index (χ1v) is 35.8. The van der Waals surface area contributed by atoms with Crippen molar-refractivity contribution < 1.29 is 56.1 Å². The van der Waals surface area contributed by atoms with Gasteiger partial charge < -0.3 is 65.5 Å². The fourth-order valence-corrected chi connectivity index (χ4v) is 11.7. The van der Waals surface area contributed by atoms with Gasteiger partial charge in [-0.2, -0.15) is 20.4 Å². The smallest absolute Gasteiger partial charge is 0.261 e. The number of hydrogen-bond acceptors (Lipinski definition) is 17. The SMILES string of the molecule is CC(C)(C)Oc1ccccc1C(=O)Nc1cn[nH]c1-c1nc2ccccc2[nH]1.CCOc1ccccc1C(=O)Nc1cn[nH]c1-c1nc2ccccc2[nH]1.COc1cc(F)ccc1C(=O)Nc1cn[nH]c1-c1nc2ccccc2[nH]1.O=C(NCCOCCCl)c1ccc2nc(-c3[nH]ncc3NC(=O)c3c(F)cccc3F)[nH]c2c1. The fraction of sp³-hybridized carbons (Fsp3) is 0.138. The van der Waals surface area contributed by atoms with E-state index >= 15 is 0 Å². The molecule has 34 heteroatoms. The first-order chi connectivity index (χ1) is 55.3. The van der Waals surface area contributed by atoms with E-state index in [9.17, 15) is 37.1 Å². The van der Waals surface area contributed by atoms with E-state index in [1.165, 1.54) is 37.7 Å². The van der Waals surface area contributed by atoms with Crippen molar-refractivity contribution in [1.82, 2.24) is 86.0 Å². The number of H-pyrrole nitrogens is 8. The number of aromatic nitrogens is 16. The quantitative estimate of drug-likeness (QED) is 0.0221. The Balaban J connectivity index is 0.000000133. The predicted molar refractivity (Wildman–Crippen MR) is 424 cm³/mol. The Morgan fingerprint density at radius 3 is 1.30 bits per heavy atom. The van der Waals surface area contributed by atoms with Crippen LogP contribution >= 0.6 is 11.6 Å². The summed E-state index contributed by atoms with van der Waals surface area (Å²) < 4.78 is 63.0. The maximum absolute atomic E-state index is 13.9. The number of nitrogens with one attached hydrogen (secondary N) is 13. The standard InChI is InChI=1S/C22H19ClF2N6O3.C21H21N5O2.C19H17N5O2.C18H14FN5O2/c23-6-8-34-9-7-26-21(32)12-4-5-15-16(10-12)29-20(28-15)19-17(11-27-31-19)30-22(33)18-13(24)2-1-3-14(18)25;1-21(2,3)28-17-11-7-4-8-13(17)20(27)25-16-12-22-26-18(16)19-23-14-9-5-6-10-15(14)24-19;1-2-26-16-10-6-3-7-12(16)19(25)23-15-11-20-24-17(15)18-21-13-8-4-5-9-14(13)22-18;1-26-15-8-10(19)6-7-11(15)18(25)23-14-9-20-24-16(14)17-21-12-4-2-3-5-13(12)22-17/h1-5,10-11H,6-9H2,(H,26,32)(H,27,31)(H,28,29)(H,30,33);4-12H,1-3H3,(H,22,26)(H,23,24)(H,25,27);3-11H,2H2,1H3,(H,20,24)(H,21,22)(H,23,25);2-9H,1H3,(H,20,24)(H,21,22)(H,23,25). The second kappa shape index (κ2) is 35.3. The number of nitrogens with zero attached hydrogens (tertiary/aromatic N) is 8. The molecule has 16 aromatic rings. The molecule has 0 aliphatic heterocycles. The summed E-state index contributed by atoms with van der Waals surface area (Å²) in [6.07, 6.45) is 5.90. The number of aromatic amines is 8. The summed E-state index contributed by atoms with van der Waals surface area (Å²) in [6, 6.07) is 49.1. The zero-order valence-corrected chi connectivity index (χ0v) is 62.1. The minimum Gasteiger partial charge on any atom is -0.496 e. The van der Waals surface area contributed by atoms with Crippen LogP contribution in [0.3, 0.4) is 0 Å². The molecule has 8 aromatic carbocycles. The number of imidazole rings is 4. The molecule has 0 unspecified atom stereocenters. The number of carbonyl (C=O) groups excluding carboxylic acids is 5. The third-order valence-corrected chi connectivity index (χ3v) is 16.9. The molecule has 8 aromatic heterocycles. The number of hydrogen-bond donors (Lipinski definition) is 13. The largest absolute Gasteiger partial charge is 0.496 e. The second-order valence-electron chi connectivity index (χ2n) is 25.7. The molecule has 0 bridgehead atoms. The Morgan fingerprint density at radius 1 is 0.439 bits per heavy atom. The third-order valence-electron chi connectivity index (χ3n) is 16.7. The first-order valence-electron chi connectivity index (χ1n) is 35.2. The minimum atomic E-state index is -0.984. The Labute approximate surface area is 650 Å². The number of amides is 5. The molecule has 13 N–H and O–H groups in total. The molecular formula is C80H71ClF3N21O9. The monoisotopic (exact) mass is 1560 g/mol. The van der Waals surface area contributed by atoms with Gasteiger partial charge in [-0.15, -0.1) is 11.6 Å².